The molecule has 1 saturated heterocycles. The second kappa shape index (κ2) is 5.81. The summed E-state index contributed by atoms with van der Waals surface area (Å²) < 4.78 is 0. The highest BCUT2D eigenvalue weighted by atomic mass is 32.1. The number of hydrogen-bond acceptors (Lipinski definition) is 2. The highest BCUT2D eigenvalue weighted by Crippen LogP contribution is 2.25. The zero-order valence-electron chi connectivity index (χ0n) is 11.2. The number of nitrogens with zero attached hydrogens (tertiary/aromatic N) is 1. The van der Waals surface area contributed by atoms with Crippen molar-refractivity contribution in [1.29, 1.82) is 0 Å². The van der Waals surface area contributed by atoms with Crippen LogP contribution >= 0.6 is 12.2 Å². The van der Waals surface area contributed by atoms with Crippen LogP contribution in [0, 0.1) is 0 Å². The molecular formula is C15H22N2S. The Morgan fingerprint density at radius 2 is 1.89 bits per heavy atom. The maximum Gasteiger partial charge on any atom is 0.104 e. The van der Waals surface area contributed by atoms with Crippen LogP contribution in [0.15, 0.2) is 24.3 Å². The molecule has 3 heteroatoms. The van der Waals surface area contributed by atoms with Gasteiger partial charge in [0.1, 0.15) is 4.99 Å². The molecule has 2 N–H and O–H groups in total. The normalized spacial score (nSPS) is 25.0. The van der Waals surface area contributed by atoms with E-state index in [4.69, 9.17) is 18.0 Å². The lowest BCUT2D eigenvalue weighted by molar-refractivity contribution is 0.0952. The molecule has 1 heterocycles. The molecular weight excluding hydrogens is 240 g/mol. The molecule has 0 radical (unpaired) electrons. The largest absolute Gasteiger partial charge is 0.389 e. The molecule has 1 fully saturated rings. The molecule has 1 aromatic rings. The number of piperidine rings is 1. The molecule has 0 bridgehead atoms. The Kier molecular flexibility index (Phi) is 4.36. The predicted octanol–water partition coefficient (Wildman–Crippen LogP) is 3.08. The third-order valence-electron chi connectivity index (χ3n) is 4.01. The van der Waals surface area contributed by atoms with Crippen LogP contribution in [-0.4, -0.2) is 22.0 Å². The molecule has 1 aliphatic rings. The lowest BCUT2D eigenvalue weighted by Crippen LogP contribution is -2.43. The van der Waals surface area contributed by atoms with Gasteiger partial charge in [0.05, 0.1) is 0 Å². The minimum Gasteiger partial charge on any atom is -0.389 e. The third kappa shape index (κ3) is 2.90. The summed E-state index contributed by atoms with van der Waals surface area (Å²) in [6.07, 6.45) is 3.93. The van der Waals surface area contributed by atoms with Gasteiger partial charge in [-0.25, -0.2) is 0 Å². The standard InChI is InChI=1S/C15H22N2S/c1-11-6-5-7-12(2)17(11)10-13-8-3-4-9-14(13)15(16)18/h3-4,8-9,11-12H,5-7,10H2,1-2H3,(H2,16,18)/t11-,12+. The van der Waals surface area contributed by atoms with E-state index in [2.05, 4.69) is 30.9 Å². The van der Waals surface area contributed by atoms with Crippen molar-refractivity contribution in [2.45, 2.75) is 51.7 Å². The van der Waals surface area contributed by atoms with E-state index in [0.717, 1.165) is 12.1 Å². The fourth-order valence-electron chi connectivity index (χ4n) is 2.88. The van der Waals surface area contributed by atoms with E-state index in [0.29, 0.717) is 17.1 Å². The van der Waals surface area contributed by atoms with Gasteiger partial charge >= 0.3 is 0 Å². The zero-order chi connectivity index (χ0) is 13.1. The van der Waals surface area contributed by atoms with Crippen LogP contribution in [0.3, 0.4) is 0 Å². The first-order valence-corrected chi connectivity index (χ1v) is 7.14. The number of hydrogen-bond donors (Lipinski definition) is 1. The molecule has 0 unspecified atom stereocenters. The van der Waals surface area contributed by atoms with E-state index < -0.39 is 0 Å². The first-order valence-electron chi connectivity index (χ1n) is 6.73. The Morgan fingerprint density at radius 1 is 1.28 bits per heavy atom. The van der Waals surface area contributed by atoms with Gasteiger partial charge in [-0.05, 0) is 32.3 Å². The molecule has 0 aromatic heterocycles. The lowest BCUT2D eigenvalue weighted by Gasteiger charge is -2.39. The first kappa shape index (κ1) is 13.5. The highest BCUT2D eigenvalue weighted by molar-refractivity contribution is 7.80. The number of benzene rings is 1. The number of thiocarbonyl (C=S) groups is 1. The van der Waals surface area contributed by atoms with Crippen molar-refractivity contribution >= 4 is 17.2 Å². The van der Waals surface area contributed by atoms with E-state index in [9.17, 15) is 0 Å². The van der Waals surface area contributed by atoms with Crippen LogP contribution in [0.5, 0.6) is 0 Å². The average Bonchev–Trinajstić information content (AvgIpc) is 2.34. The van der Waals surface area contributed by atoms with Gasteiger partial charge in [-0.3, -0.25) is 4.90 Å². The summed E-state index contributed by atoms with van der Waals surface area (Å²) in [4.78, 5) is 3.07. The van der Waals surface area contributed by atoms with Crippen molar-refractivity contribution in [2.75, 3.05) is 0 Å². The molecule has 2 rings (SSSR count). The molecule has 0 saturated carbocycles. The second-order valence-electron chi connectivity index (χ2n) is 5.32. The molecule has 0 spiro atoms. The Morgan fingerprint density at radius 3 is 2.50 bits per heavy atom. The average molecular weight is 262 g/mol. The smallest absolute Gasteiger partial charge is 0.104 e. The topological polar surface area (TPSA) is 29.3 Å². The Labute approximate surface area is 115 Å². The van der Waals surface area contributed by atoms with Gasteiger partial charge in [0.2, 0.25) is 0 Å². The monoisotopic (exact) mass is 262 g/mol. The maximum absolute atomic E-state index is 5.80. The molecule has 0 amide bonds. The number of nitrogens with two attached hydrogens (primary N) is 1. The lowest BCUT2D eigenvalue weighted by atomic mass is 9.96. The molecule has 2 atom stereocenters. The molecule has 0 aliphatic carbocycles. The van der Waals surface area contributed by atoms with Gasteiger partial charge in [0.15, 0.2) is 0 Å². The van der Waals surface area contributed by atoms with E-state index >= 15 is 0 Å². The van der Waals surface area contributed by atoms with Gasteiger partial charge in [0, 0.05) is 24.2 Å². The number of rotatable bonds is 3. The van der Waals surface area contributed by atoms with Crippen molar-refractivity contribution in [3.63, 3.8) is 0 Å². The Bertz CT molecular complexity index is 420. The predicted molar refractivity (Wildman–Crippen MR) is 80.6 cm³/mol. The Hall–Kier alpha value is -0.930. The summed E-state index contributed by atoms with van der Waals surface area (Å²) >= 11 is 5.14. The van der Waals surface area contributed by atoms with E-state index in [1.165, 1.54) is 24.8 Å². The van der Waals surface area contributed by atoms with Crippen molar-refractivity contribution in [3.05, 3.63) is 35.4 Å². The summed E-state index contributed by atoms with van der Waals surface area (Å²) in [5.74, 6) is 0. The summed E-state index contributed by atoms with van der Waals surface area (Å²) in [6.45, 7) is 5.59. The van der Waals surface area contributed by atoms with E-state index in [-0.39, 0.29) is 0 Å². The number of likely N-dealkylation sites (tertiary alicyclic amines) is 1. The van der Waals surface area contributed by atoms with E-state index in [1.807, 2.05) is 12.1 Å². The summed E-state index contributed by atoms with van der Waals surface area (Å²) in [5.41, 5.74) is 8.08. The van der Waals surface area contributed by atoms with Crippen LogP contribution in [0.2, 0.25) is 0 Å². The maximum atomic E-state index is 5.80. The molecule has 2 nitrogen and oxygen atoms in total. The van der Waals surface area contributed by atoms with Gasteiger partial charge in [-0.2, -0.15) is 0 Å². The van der Waals surface area contributed by atoms with Gasteiger partial charge in [0.25, 0.3) is 0 Å². The second-order valence-corrected chi connectivity index (χ2v) is 5.76. The fourth-order valence-corrected chi connectivity index (χ4v) is 3.08. The quantitative estimate of drug-likeness (QED) is 0.849. The van der Waals surface area contributed by atoms with E-state index in [1.54, 1.807) is 0 Å². The van der Waals surface area contributed by atoms with Crippen LogP contribution < -0.4 is 5.73 Å². The van der Waals surface area contributed by atoms with Crippen LogP contribution in [0.25, 0.3) is 0 Å². The summed E-state index contributed by atoms with van der Waals surface area (Å²) in [5, 5.41) is 0. The Balaban J connectivity index is 2.20. The van der Waals surface area contributed by atoms with Crippen LogP contribution in [0.4, 0.5) is 0 Å². The van der Waals surface area contributed by atoms with Crippen LogP contribution in [-0.2, 0) is 6.54 Å². The van der Waals surface area contributed by atoms with Crippen LogP contribution in [0.1, 0.15) is 44.2 Å². The molecule has 1 aromatic carbocycles. The van der Waals surface area contributed by atoms with Crippen molar-refractivity contribution in [3.8, 4) is 0 Å². The zero-order valence-corrected chi connectivity index (χ0v) is 12.0. The third-order valence-corrected chi connectivity index (χ3v) is 4.23. The first-order chi connectivity index (χ1) is 8.59. The fraction of sp³-hybridized carbons (Fsp3) is 0.533. The summed E-state index contributed by atoms with van der Waals surface area (Å²) in [6, 6.07) is 9.53. The SMILES string of the molecule is C[C@@H]1CCC[C@H](C)N1Cc1ccccc1C(N)=S. The van der Waals surface area contributed by atoms with Gasteiger partial charge in [-0.1, -0.05) is 42.9 Å². The molecule has 1 aliphatic heterocycles. The minimum absolute atomic E-state index is 0.503. The van der Waals surface area contributed by atoms with Crippen molar-refractivity contribution < 1.29 is 0 Å². The van der Waals surface area contributed by atoms with Gasteiger partial charge < -0.3 is 5.73 Å². The van der Waals surface area contributed by atoms with Crippen molar-refractivity contribution in [2.24, 2.45) is 5.73 Å². The molecule has 98 valence electrons. The van der Waals surface area contributed by atoms with Gasteiger partial charge in [-0.15, -0.1) is 0 Å². The summed E-state index contributed by atoms with van der Waals surface area (Å²) in [7, 11) is 0. The highest BCUT2D eigenvalue weighted by Gasteiger charge is 2.25. The minimum atomic E-state index is 0.503. The van der Waals surface area contributed by atoms with Crippen molar-refractivity contribution in [1.82, 2.24) is 4.90 Å². The molecule has 18 heavy (non-hydrogen) atoms.